The summed E-state index contributed by atoms with van der Waals surface area (Å²) in [7, 11) is 0. The van der Waals surface area contributed by atoms with Crippen molar-refractivity contribution in [3.05, 3.63) is 35.9 Å². The summed E-state index contributed by atoms with van der Waals surface area (Å²) in [5, 5.41) is 2.89. The van der Waals surface area contributed by atoms with Crippen LogP contribution in [0.2, 0.25) is 0 Å². The summed E-state index contributed by atoms with van der Waals surface area (Å²) in [4.78, 5) is 13.5. The van der Waals surface area contributed by atoms with Crippen LogP contribution in [-0.2, 0) is 11.3 Å². The van der Waals surface area contributed by atoms with E-state index in [9.17, 15) is 4.79 Å². The lowest BCUT2D eigenvalue weighted by atomic mass is 10.2. The fraction of sp³-hybridized carbons (Fsp3) is 0.417. The Kier molecular flexibility index (Phi) is 3.77. The first kappa shape index (κ1) is 11.0. The van der Waals surface area contributed by atoms with Gasteiger partial charge in [0.05, 0.1) is 13.2 Å². The van der Waals surface area contributed by atoms with Crippen LogP contribution >= 0.6 is 0 Å². The van der Waals surface area contributed by atoms with E-state index in [1.54, 1.807) is 4.90 Å². The molecule has 0 bridgehead atoms. The number of nitrogens with zero attached hydrogens (tertiary/aromatic N) is 1. The molecule has 1 N–H and O–H groups in total. The molecular formula is C12H15N2O2. The highest BCUT2D eigenvalue weighted by molar-refractivity contribution is 5.74. The summed E-state index contributed by atoms with van der Waals surface area (Å²) in [5.74, 6) is 0. The molecular weight excluding hydrogens is 204 g/mol. The second-order valence-electron chi connectivity index (χ2n) is 3.67. The van der Waals surface area contributed by atoms with Gasteiger partial charge in [-0.3, -0.25) is 0 Å². The summed E-state index contributed by atoms with van der Waals surface area (Å²) < 4.78 is 5.19. The Labute approximate surface area is 95.2 Å². The fourth-order valence-electron chi connectivity index (χ4n) is 1.60. The van der Waals surface area contributed by atoms with E-state index < -0.39 is 0 Å². The molecule has 1 saturated heterocycles. The molecule has 0 saturated carbocycles. The van der Waals surface area contributed by atoms with E-state index in [0.29, 0.717) is 32.8 Å². The zero-order valence-corrected chi connectivity index (χ0v) is 9.11. The number of amides is 2. The normalized spacial score (nSPS) is 15.9. The first-order valence-corrected chi connectivity index (χ1v) is 5.42. The third kappa shape index (κ3) is 2.97. The Morgan fingerprint density at radius 2 is 2.06 bits per heavy atom. The highest BCUT2D eigenvalue weighted by Crippen LogP contribution is 2.00. The summed E-state index contributed by atoms with van der Waals surface area (Å²) >= 11 is 0. The largest absolute Gasteiger partial charge is 0.378 e. The van der Waals surface area contributed by atoms with Crippen molar-refractivity contribution in [3.63, 3.8) is 0 Å². The summed E-state index contributed by atoms with van der Waals surface area (Å²) in [6, 6.07) is 10.5. The maximum Gasteiger partial charge on any atom is 0.317 e. The number of carbonyl (C=O) groups is 1. The topological polar surface area (TPSA) is 41.6 Å². The third-order valence-corrected chi connectivity index (χ3v) is 2.53. The van der Waals surface area contributed by atoms with Crippen molar-refractivity contribution in [1.82, 2.24) is 10.2 Å². The second-order valence-corrected chi connectivity index (χ2v) is 3.67. The molecule has 2 amide bonds. The zero-order chi connectivity index (χ0) is 11.2. The Balaban J connectivity index is 1.79. The SMILES string of the molecule is O=C(NCc1cc[c]cc1)N1CCOCC1. The minimum absolute atomic E-state index is 0.0175. The van der Waals surface area contributed by atoms with E-state index >= 15 is 0 Å². The first-order chi connectivity index (χ1) is 7.86. The Bertz CT molecular complexity index is 334. The van der Waals surface area contributed by atoms with Crippen LogP contribution in [0.4, 0.5) is 4.79 Å². The quantitative estimate of drug-likeness (QED) is 0.807. The summed E-state index contributed by atoms with van der Waals surface area (Å²) in [6.07, 6.45) is 0. The molecule has 1 aromatic rings. The van der Waals surface area contributed by atoms with Gasteiger partial charge in [0.25, 0.3) is 0 Å². The molecule has 2 rings (SSSR count). The van der Waals surface area contributed by atoms with E-state index in [1.807, 2.05) is 24.3 Å². The molecule has 1 radical (unpaired) electrons. The van der Waals surface area contributed by atoms with Gasteiger partial charge in [-0.1, -0.05) is 24.3 Å². The van der Waals surface area contributed by atoms with Gasteiger partial charge in [0.2, 0.25) is 0 Å². The van der Waals surface area contributed by atoms with Crippen molar-refractivity contribution < 1.29 is 9.53 Å². The predicted octanol–water partition coefficient (Wildman–Crippen LogP) is 1.03. The highest BCUT2D eigenvalue weighted by Gasteiger charge is 2.15. The van der Waals surface area contributed by atoms with Crippen LogP contribution in [-0.4, -0.2) is 37.2 Å². The molecule has 4 heteroatoms. The summed E-state index contributed by atoms with van der Waals surface area (Å²) in [6.45, 7) is 3.18. The third-order valence-electron chi connectivity index (χ3n) is 2.53. The molecule has 0 aromatic heterocycles. The number of rotatable bonds is 2. The monoisotopic (exact) mass is 219 g/mol. The smallest absolute Gasteiger partial charge is 0.317 e. The van der Waals surface area contributed by atoms with Crippen molar-refractivity contribution in [2.75, 3.05) is 26.3 Å². The van der Waals surface area contributed by atoms with Crippen molar-refractivity contribution >= 4 is 6.03 Å². The molecule has 1 aromatic carbocycles. The number of nitrogens with one attached hydrogen (secondary N) is 1. The van der Waals surface area contributed by atoms with Gasteiger partial charge < -0.3 is 15.0 Å². The molecule has 0 spiro atoms. The molecule has 1 heterocycles. The van der Waals surface area contributed by atoms with Crippen LogP contribution in [0.5, 0.6) is 0 Å². The minimum atomic E-state index is -0.0175. The molecule has 0 unspecified atom stereocenters. The average molecular weight is 219 g/mol. The standard InChI is InChI=1S/C12H15N2O2/c15-12(14-6-8-16-9-7-14)13-10-11-4-2-1-3-5-11/h2-5H,6-10H2,(H,13,15). The minimum Gasteiger partial charge on any atom is -0.378 e. The Morgan fingerprint density at radius 1 is 1.38 bits per heavy atom. The van der Waals surface area contributed by atoms with Gasteiger partial charge >= 0.3 is 6.03 Å². The second kappa shape index (κ2) is 5.51. The van der Waals surface area contributed by atoms with Gasteiger partial charge in [-0.25, -0.2) is 4.79 Å². The maximum atomic E-state index is 11.7. The Hall–Kier alpha value is -1.55. The fourth-order valence-corrected chi connectivity index (χ4v) is 1.60. The van der Waals surface area contributed by atoms with Crippen LogP contribution in [0.25, 0.3) is 0 Å². The van der Waals surface area contributed by atoms with Crippen molar-refractivity contribution in [2.24, 2.45) is 0 Å². The summed E-state index contributed by atoms with van der Waals surface area (Å²) in [5.41, 5.74) is 1.08. The van der Waals surface area contributed by atoms with Gasteiger partial charge in [-0.05, 0) is 11.6 Å². The molecule has 0 aliphatic carbocycles. The number of ether oxygens (including phenoxy) is 1. The van der Waals surface area contributed by atoms with Crippen LogP contribution in [0.15, 0.2) is 24.3 Å². The van der Waals surface area contributed by atoms with E-state index in [0.717, 1.165) is 5.56 Å². The molecule has 85 valence electrons. The van der Waals surface area contributed by atoms with E-state index in [1.165, 1.54) is 0 Å². The molecule has 4 nitrogen and oxygen atoms in total. The lowest BCUT2D eigenvalue weighted by Gasteiger charge is -2.26. The number of urea groups is 1. The van der Waals surface area contributed by atoms with E-state index in [-0.39, 0.29) is 6.03 Å². The molecule has 1 aliphatic rings. The predicted molar refractivity (Wildman–Crippen MR) is 59.9 cm³/mol. The maximum absolute atomic E-state index is 11.7. The molecule has 16 heavy (non-hydrogen) atoms. The van der Waals surface area contributed by atoms with Crippen molar-refractivity contribution in [1.29, 1.82) is 0 Å². The van der Waals surface area contributed by atoms with E-state index in [2.05, 4.69) is 11.4 Å². The highest BCUT2D eigenvalue weighted by atomic mass is 16.5. The lowest BCUT2D eigenvalue weighted by molar-refractivity contribution is 0.0531. The van der Waals surface area contributed by atoms with E-state index in [4.69, 9.17) is 4.74 Å². The molecule has 0 atom stereocenters. The number of morpholine rings is 1. The van der Waals surface area contributed by atoms with Gasteiger partial charge in [0, 0.05) is 19.6 Å². The van der Waals surface area contributed by atoms with Gasteiger partial charge in [-0.15, -0.1) is 0 Å². The molecule has 1 aliphatic heterocycles. The number of hydrogen-bond donors (Lipinski definition) is 1. The van der Waals surface area contributed by atoms with Crippen LogP contribution in [0.3, 0.4) is 0 Å². The van der Waals surface area contributed by atoms with Gasteiger partial charge in [0.15, 0.2) is 0 Å². The zero-order valence-electron chi connectivity index (χ0n) is 9.11. The Morgan fingerprint density at radius 3 is 2.75 bits per heavy atom. The average Bonchev–Trinajstić information content (AvgIpc) is 2.38. The first-order valence-electron chi connectivity index (χ1n) is 5.42. The number of hydrogen-bond acceptors (Lipinski definition) is 2. The van der Waals surface area contributed by atoms with Crippen LogP contribution in [0, 0.1) is 6.07 Å². The van der Waals surface area contributed by atoms with Gasteiger partial charge in [0.1, 0.15) is 0 Å². The number of carbonyl (C=O) groups excluding carboxylic acids is 1. The van der Waals surface area contributed by atoms with Gasteiger partial charge in [-0.2, -0.15) is 0 Å². The van der Waals surface area contributed by atoms with Crippen molar-refractivity contribution in [3.8, 4) is 0 Å². The molecule has 1 fully saturated rings. The van der Waals surface area contributed by atoms with Crippen molar-refractivity contribution in [2.45, 2.75) is 6.54 Å². The number of benzene rings is 1. The van der Waals surface area contributed by atoms with Crippen LogP contribution in [0.1, 0.15) is 5.56 Å². The lowest BCUT2D eigenvalue weighted by Crippen LogP contribution is -2.45. The van der Waals surface area contributed by atoms with Crippen LogP contribution < -0.4 is 5.32 Å².